The van der Waals surface area contributed by atoms with Crippen LogP contribution in [0.5, 0.6) is 0 Å². The maximum absolute atomic E-state index is 11.0. The Morgan fingerprint density at radius 1 is 1.62 bits per heavy atom. The average Bonchev–Trinajstić information content (AvgIpc) is 2.06. The standard InChI is InChI=1S/C9H14O3.Na.H/c1-2-12-9(10)7-8-3-5-11-6-4-8;;/h7H,2-6H2,1H3;;/q;+1;-1. The summed E-state index contributed by atoms with van der Waals surface area (Å²) in [4.78, 5) is 11.0. The van der Waals surface area contributed by atoms with Crippen molar-refractivity contribution in [1.29, 1.82) is 0 Å². The maximum Gasteiger partial charge on any atom is 1.00 e. The summed E-state index contributed by atoms with van der Waals surface area (Å²) in [5.41, 5.74) is 1.14. The van der Waals surface area contributed by atoms with Crippen LogP contribution in [0.1, 0.15) is 21.2 Å². The summed E-state index contributed by atoms with van der Waals surface area (Å²) in [6.45, 7) is 3.70. The molecule has 0 aromatic carbocycles. The van der Waals surface area contributed by atoms with E-state index in [0.717, 1.165) is 31.6 Å². The van der Waals surface area contributed by atoms with Crippen LogP contribution in [0, 0.1) is 0 Å². The van der Waals surface area contributed by atoms with Gasteiger partial charge in [-0.05, 0) is 19.8 Å². The van der Waals surface area contributed by atoms with Gasteiger partial charge in [0.1, 0.15) is 0 Å². The third-order valence-electron chi connectivity index (χ3n) is 1.74. The molecule has 1 heterocycles. The molecule has 0 aliphatic carbocycles. The Morgan fingerprint density at radius 2 is 2.23 bits per heavy atom. The van der Waals surface area contributed by atoms with Crippen molar-refractivity contribution in [3.05, 3.63) is 11.6 Å². The third kappa shape index (κ3) is 5.47. The van der Waals surface area contributed by atoms with Crippen LogP contribution in [0.25, 0.3) is 0 Å². The van der Waals surface area contributed by atoms with Crippen LogP contribution in [0.2, 0.25) is 0 Å². The molecule has 0 amide bonds. The van der Waals surface area contributed by atoms with Crippen molar-refractivity contribution < 1.29 is 45.3 Å². The zero-order valence-corrected chi connectivity index (χ0v) is 10.3. The number of hydrogen-bond donors (Lipinski definition) is 0. The number of carbonyl (C=O) groups excluding carboxylic acids is 1. The summed E-state index contributed by atoms with van der Waals surface area (Å²) in [7, 11) is 0. The van der Waals surface area contributed by atoms with E-state index in [1.165, 1.54) is 0 Å². The fourth-order valence-electron chi connectivity index (χ4n) is 1.13. The molecule has 70 valence electrons. The van der Waals surface area contributed by atoms with E-state index in [0.29, 0.717) is 6.61 Å². The number of carbonyl (C=O) groups is 1. The van der Waals surface area contributed by atoms with Crippen LogP contribution in [0.3, 0.4) is 0 Å². The predicted octanol–water partition coefficient (Wildman–Crippen LogP) is -1.60. The van der Waals surface area contributed by atoms with E-state index in [9.17, 15) is 4.79 Å². The first kappa shape index (κ1) is 13.2. The van der Waals surface area contributed by atoms with Crippen molar-refractivity contribution >= 4 is 5.97 Å². The Labute approximate surface area is 102 Å². The third-order valence-corrected chi connectivity index (χ3v) is 1.74. The molecule has 1 rings (SSSR count). The van der Waals surface area contributed by atoms with Gasteiger partial charge in [0, 0.05) is 6.08 Å². The fourth-order valence-corrected chi connectivity index (χ4v) is 1.13. The normalized spacial score (nSPS) is 15.9. The Morgan fingerprint density at radius 3 is 2.77 bits per heavy atom. The van der Waals surface area contributed by atoms with Gasteiger partial charge in [0.05, 0.1) is 19.8 Å². The maximum atomic E-state index is 11.0. The largest absolute Gasteiger partial charge is 1.00 e. The molecule has 0 radical (unpaired) electrons. The summed E-state index contributed by atoms with van der Waals surface area (Å²) < 4.78 is 9.94. The first-order valence-corrected chi connectivity index (χ1v) is 4.27. The quantitative estimate of drug-likeness (QED) is 0.302. The van der Waals surface area contributed by atoms with E-state index in [1.807, 2.05) is 0 Å². The molecular weight excluding hydrogens is 179 g/mol. The molecule has 0 atom stereocenters. The molecule has 0 spiro atoms. The second-order valence-corrected chi connectivity index (χ2v) is 2.67. The van der Waals surface area contributed by atoms with Crippen molar-refractivity contribution in [3.8, 4) is 0 Å². The first-order chi connectivity index (χ1) is 5.83. The van der Waals surface area contributed by atoms with Crippen LogP contribution >= 0.6 is 0 Å². The van der Waals surface area contributed by atoms with Crippen LogP contribution in [0.4, 0.5) is 0 Å². The minimum absolute atomic E-state index is 0. The monoisotopic (exact) mass is 194 g/mol. The minimum Gasteiger partial charge on any atom is -1.00 e. The molecule has 0 unspecified atom stereocenters. The molecule has 1 aliphatic heterocycles. The van der Waals surface area contributed by atoms with Gasteiger partial charge in [0.25, 0.3) is 0 Å². The van der Waals surface area contributed by atoms with E-state index < -0.39 is 0 Å². The van der Waals surface area contributed by atoms with Crippen molar-refractivity contribution in [2.45, 2.75) is 19.8 Å². The van der Waals surface area contributed by atoms with E-state index in [-0.39, 0.29) is 37.0 Å². The van der Waals surface area contributed by atoms with Crippen LogP contribution in [0.15, 0.2) is 11.6 Å². The van der Waals surface area contributed by atoms with Gasteiger partial charge in [-0.2, -0.15) is 0 Å². The topological polar surface area (TPSA) is 35.5 Å². The first-order valence-electron chi connectivity index (χ1n) is 4.27. The molecule has 0 bridgehead atoms. The Hall–Kier alpha value is 0.170. The zero-order chi connectivity index (χ0) is 8.81. The second-order valence-electron chi connectivity index (χ2n) is 2.67. The van der Waals surface area contributed by atoms with E-state index in [1.54, 1.807) is 13.0 Å². The molecular formula is C9H15NaO3. The van der Waals surface area contributed by atoms with E-state index >= 15 is 0 Å². The molecule has 13 heavy (non-hydrogen) atoms. The summed E-state index contributed by atoms with van der Waals surface area (Å²) in [5, 5.41) is 0. The summed E-state index contributed by atoms with van der Waals surface area (Å²) in [5.74, 6) is -0.227. The Balaban J connectivity index is 0. The molecule has 1 fully saturated rings. The van der Waals surface area contributed by atoms with Gasteiger partial charge in [0.2, 0.25) is 0 Å². The van der Waals surface area contributed by atoms with Gasteiger partial charge >= 0.3 is 35.5 Å². The fraction of sp³-hybridized carbons (Fsp3) is 0.667. The Bertz CT molecular complexity index is 186. The van der Waals surface area contributed by atoms with E-state index in [2.05, 4.69) is 0 Å². The van der Waals surface area contributed by atoms with Crippen molar-refractivity contribution in [3.63, 3.8) is 0 Å². The number of hydrogen-bond acceptors (Lipinski definition) is 3. The molecule has 0 aromatic heterocycles. The van der Waals surface area contributed by atoms with Crippen LogP contribution in [-0.2, 0) is 14.3 Å². The molecule has 0 saturated carbocycles. The SMILES string of the molecule is CCOC(=O)C=C1CCOCC1.[H-].[Na+]. The zero-order valence-electron chi connectivity index (χ0n) is 9.34. The Kier molecular flexibility index (Phi) is 7.66. The van der Waals surface area contributed by atoms with Gasteiger partial charge in [0.15, 0.2) is 0 Å². The average molecular weight is 194 g/mol. The number of ether oxygens (including phenoxy) is 2. The van der Waals surface area contributed by atoms with Gasteiger partial charge in [-0.1, -0.05) is 5.57 Å². The molecule has 0 N–H and O–H groups in total. The molecule has 3 nitrogen and oxygen atoms in total. The van der Waals surface area contributed by atoms with Gasteiger partial charge in [-0.25, -0.2) is 4.79 Å². The molecule has 1 aliphatic rings. The molecule has 0 aromatic rings. The summed E-state index contributed by atoms with van der Waals surface area (Å²) in [6.07, 6.45) is 3.31. The molecule has 4 heteroatoms. The van der Waals surface area contributed by atoms with Gasteiger partial charge < -0.3 is 10.9 Å². The van der Waals surface area contributed by atoms with Crippen LogP contribution in [-0.4, -0.2) is 25.8 Å². The summed E-state index contributed by atoms with van der Waals surface area (Å²) in [6, 6.07) is 0. The molecule has 1 saturated heterocycles. The smallest absolute Gasteiger partial charge is 1.00 e. The minimum atomic E-state index is -0.227. The van der Waals surface area contributed by atoms with Crippen molar-refractivity contribution in [1.82, 2.24) is 0 Å². The second kappa shape index (κ2) is 7.56. The van der Waals surface area contributed by atoms with Gasteiger partial charge in [-0.3, -0.25) is 0 Å². The van der Waals surface area contributed by atoms with Crippen molar-refractivity contribution in [2.75, 3.05) is 19.8 Å². The van der Waals surface area contributed by atoms with Gasteiger partial charge in [-0.15, -0.1) is 0 Å². The van der Waals surface area contributed by atoms with Crippen molar-refractivity contribution in [2.24, 2.45) is 0 Å². The summed E-state index contributed by atoms with van der Waals surface area (Å²) >= 11 is 0. The van der Waals surface area contributed by atoms with E-state index in [4.69, 9.17) is 9.47 Å². The number of rotatable bonds is 2. The number of esters is 1. The predicted molar refractivity (Wildman–Crippen MR) is 45.9 cm³/mol. The van der Waals surface area contributed by atoms with Crippen LogP contribution < -0.4 is 29.6 Å².